The molecule has 9 heteroatoms. The molecular formula is C22H27F2NO5S. The van der Waals surface area contributed by atoms with Gasteiger partial charge in [0, 0.05) is 11.1 Å². The molecule has 0 heterocycles. The van der Waals surface area contributed by atoms with Crippen LogP contribution >= 0.6 is 0 Å². The number of carbonyl (C=O) groups is 2. The number of nitrogens with one attached hydrogen (secondary N) is 1. The molecule has 1 aromatic rings. The van der Waals surface area contributed by atoms with E-state index in [9.17, 15) is 26.8 Å². The fraction of sp³-hybridized carbons (Fsp3) is 0.636. The molecule has 170 valence electrons. The molecule has 4 aliphatic rings. The van der Waals surface area contributed by atoms with E-state index in [0.717, 1.165) is 33.1 Å². The summed E-state index contributed by atoms with van der Waals surface area (Å²) < 4.78 is 59.2. The zero-order chi connectivity index (χ0) is 22.7. The van der Waals surface area contributed by atoms with E-state index in [1.807, 2.05) is 0 Å². The molecule has 0 radical (unpaired) electrons. The second kappa shape index (κ2) is 7.33. The molecule has 6 nitrogen and oxygen atoms in total. The summed E-state index contributed by atoms with van der Waals surface area (Å²) in [6.45, 7) is 2.18. The van der Waals surface area contributed by atoms with Crippen molar-refractivity contribution in [3.8, 4) is 0 Å². The van der Waals surface area contributed by atoms with E-state index in [1.165, 1.54) is 12.1 Å². The van der Waals surface area contributed by atoms with Gasteiger partial charge in [0.05, 0.1) is 0 Å². The molecule has 0 aromatic heterocycles. The van der Waals surface area contributed by atoms with E-state index < -0.39 is 38.2 Å². The van der Waals surface area contributed by atoms with Gasteiger partial charge in [0.25, 0.3) is 0 Å². The maximum absolute atomic E-state index is 14.8. The first-order valence-corrected chi connectivity index (χ1v) is 12.0. The Morgan fingerprint density at radius 2 is 1.48 bits per heavy atom. The molecule has 1 aromatic carbocycles. The first kappa shape index (κ1) is 22.3. The van der Waals surface area contributed by atoms with Gasteiger partial charge in [-0.25, -0.2) is 0 Å². The number of rotatable bonds is 7. The van der Waals surface area contributed by atoms with Gasteiger partial charge in [-0.3, -0.25) is 13.8 Å². The van der Waals surface area contributed by atoms with Crippen LogP contribution in [-0.4, -0.2) is 36.5 Å². The zero-order valence-corrected chi connectivity index (χ0v) is 18.4. The maximum Gasteiger partial charge on any atom is 0.446 e. The number of alkyl halides is 2. The molecule has 4 aliphatic carbocycles. The molecule has 31 heavy (non-hydrogen) atoms. The van der Waals surface area contributed by atoms with E-state index in [-0.39, 0.29) is 5.56 Å². The lowest BCUT2D eigenvalue weighted by molar-refractivity contribution is -0.142. The Balaban J connectivity index is 1.50. The smallest absolute Gasteiger partial charge is 0.344 e. The summed E-state index contributed by atoms with van der Waals surface area (Å²) >= 11 is 0. The predicted molar refractivity (Wildman–Crippen MR) is 109 cm³/mol. The van der Waals surface area contributed by atoms with E-state index in [0.29, 0.717) is 37.0 Å². The molecule has 4 fully saturated rings. The highest BCUT2D eigenvalue weighted by Crippen LogP contribution is 2.55. The van der Waals surface area contributed by atoms with E-state index in [1.54, 1.807) is 18.2 Å². The van der Waals surface area contributed by atoms with Crippen molar-refractivity contribution in [2.75, 3.05) is 0 Å². The highest BCUT2D eigenvalue weighted by Gasteiger charge is 2.60. The van der Waals surface area contributed by atoms with Crippen LogP contribution in [0.5, 0.6) is 0 Å². The van der Waals surface area contributed by atoms with Crippen molar-refractivity contribution in [3.63, 3.8) is 0 Å². The molecule has 0 unspecified atom stereocenters. The average molecular weight is 456 g/mol. The van der Waals surface area contributed by atoms with Crippen molar-refractivity contribution in [1.29, 1.82) is 0 Å². The number of ketones is 1. The normalized spacial score (nSPS) is 30.3. The van der Waals surface area contributed by atoms with Crippen molar-refractivity contribution >= 4 is 21.8 Å². The van der Waals surface area contributed by atoms with Crippen molar-refractivity contribution in [3.05, 3.63) is 35.9 Å². The van der Waals surface area contributed by atoms with E-state index >= 15 is 0 Å². The Hall–Kier alpha value is -1.87. The Morgan fingerprint density at radius 3 is 1.97 bits per heavy atom. The van der Waals surface area contributed by atoms with Gasteiger partial charge >= 0.3 is 21.3 Å². The van der Waals surface area contributed by atoms with Gasteiger partial charge < -0.3 is 5.32 Å². The maximum atomic E-state index is 14.8. The quantitative estimate of drug-likeness (QED) is 0.501. The Morgan fingerprint density at radius 1 is 1.00 bits per heavy atom. The third-order valence-corrected chi connectivity index (χ3v) is 8.35. The summed E-state index contributed by atoms with van der Waals surface area (Å²) in [5.74, 6) is -1.51. The molecule has 0 saturated heterocycles. The predicted octanol–water partition coefficient (Wildman–Crippen LogP) is 3.67. The molecule has 0 atom stereocenters. The van der Waals surface area contributed by atoms with Gasteiger partial charge in [-0.15, -0.1) is 0 Å². The van der Waals surface area contributed by atoms with Gasteiger partial charge in [0.15, 0.2) is 5.78 Å². The van der Waals surface area contributed by atoms with Gasteiger partial charge in [0.2, 0.25) is 0 Å². The van der Waals surface area contributed by atoms with Crippen LogP contribution in [0, 0.1) is 17.8 Å². The van der Waals surface area contributed by atoms with Gasteiger partial charge in [-0.05, 0) is 70.1 Å². The summed E-state index contributed by atoms with van der Waals surface area (Å²) in [6.07, 6.45) is 4.92. The highest BCUT2D eigenvalue weighted by molar-refractivity contribution is 7.88. The summed E-state index contributed by atoms with van der Waals surface area (Å²) in [5, 5.41) is -2.43. The molecule has 5 rings (SSSR count). The monoisotopic (exact) mass is 455 g/mol. The van der Waals surface area contributed by atoms with Crippen LogP contribution in [0.3, 0.4) is 0 Å². The fourth-order valence-electron chi connectivity index (χ4n) is 5.99. The second-order valence-electron chi connectivity index (χ2n) is 9.91. The molecule has 1 amide bonds. The minimum atomic E-state index is -5.72. The minimum Gasteiger partial charge on any atom is -0.344 e. The lowest BCUT2D eigenvalue weighted by atomic mass is 9.53. The van der Waals surface area contributed by atoms with Crippen molar-refractivity contribution in [2.45, 2.75) is 68.8 Å². The van der Waals surface area contributed by atoms with Gasteiger partial charge in [-0.1, -0.05) is 30.3 Å². The van der Waals surface area contributed by atoms with Crippen LogP contribution in [0.15, 0.2) is 30.3 Å². The highest BCUT2D eigenvalue weighted by atomic mass is 32.2. The molecule has 0 aliphatic heterocycles. The van der Waals surface area contributed by atoms with Crippen LogP contribution < -0.4 is 5.32 Å². The summed E-state index contributed by atoms with van der Waals surface area (Å²) in [6, 6.07) is 7.64. The van der Waals surface area contributed by atoms with Crippen LogP contribution in [-0.2, 0) is 19.1 Å². The van der Waals surface area contributed by atoms with Crippen molar-refractivity contribution in [2.24, 2.45) is 17.8 Å². The summed E-state index contributed by atoms with van der Waals surface area (Å²) in [7, 11) is -5.72. The first-order valence-electron chi connectivity index (χ1n) is 10.6. The molecule has 1 N–H and O–H groups in total. The van der Waals surface area contributed by atoms with Gasteiger partial charge in [-0.2, -0.15) is 17.2 Å². The van der Waals surface area contributed by atoms with Crippen LogP contribution in [0.1, 0.15) is 62.7 Å². The third-order valence-electron chi connectivity index (χ3n) is 6.90. The lowest BCUT2D eigenvalue weighted by Crippen LogP contribution is -2.63. The molecule has 0 spiro atoms. The number of amides is 1. The SMILES string of the molecule is CC(C)(OS(=O)(=O)C(F)(F)C(=O)NC12CC3C[C@H](C1)C[C@@H](C3)C2)C(=O)c1ccccc1. The van der Waals surface area contributed by atoms with Crippen LogP contribution in [0.2, 0.25) is 0 Å². The average Bonchev–Trinajstić information content (AvgIpc) is 2.65. The minimum absolute atomic E-state index is 0.115. The van der Waals surface area contributed by atoms with Crippen LogP contribution in [0.25, 0.3) is 0 Å². The summed E-state index contributed by atoms with van der Waals surface area (Å²) in [4.78, 5) is 25.1. The van der Waals surface area contributed by atoms with Crippen molar-refractivity contribution in [1.82, 2.24) is 5.32 Å². The second-order valence-corrected chi connectivity index (χ2v) is 11.5. The number of Topliss-reactive ketones (excluding diaryl/α,β-unsaturated/α-hetero) is 1. The standard InChI is InChI=1S/C22H27F2NO5S/c1-20(2,18(26)17-6-4-3-5-7-17)30-31(28,29)22(23,24)19(27)25-21-11-14-8-15(12-21)10-16(9-14)13-21/h3-7,14-16H,8-13H2,1-2H3,(H,25,27)/t14-,15+,16?,21?. The third kappa shape index (κ3) is 4.02. The Kier molecular flexibility index (Phi) is 5.28. The topological polar surface area (TPSA) is 89.5 Å². The van der Waals surface area contributed by atoms with E-state index in [2.05, 4.69) is 9.50 Å². The fourth-order valence-corrected chi connectivity index (χ4v) is 7.00. The molecule has 4 saturated carbocycles. The van der Waals surface area contributed by atoms with Gasteiger partial charge in [0.1, 0.15) is 5.60 Å². The Labute approximate surface area is 180 Å². The summed E-state index contributed by atoms with van der Waals surface area (Å²) in [5.41, 5.74) is -2.77. The first-order chi connectivity index (χ1) is 14.3. The number of carbonyl (C=O) groups excluding carboxylic acids is 2. The zero-order valence-electron chi connectivity index (χ0n) is 17.6. The molecular weight excluding hydrogens is 428 g/mol. The van der Waals surface area contributed by atoms with Crippen LogP contribution in [0.4, 0.5) is 8.78 Å². The number of hydrogen-bond donors (Lipinski definition) is 1. The number of halogens is 2. The Bertz CT molecular complexity index is 955. The number of hydrogen-bond acceptors (Lipinski definition) is 5. The largest absolute Gasteiger partial charge is 0.446 e. The van der Waals surface area contributed by atoms with Crippen molar-refractivity contribution < 1.29 is 31.0 Å². The number of benzene rings is 1. The van der Waals surface area contributed by atoms with E-state index in [4.69, 9.17) is 0 Å². The molecule has 4 bridgehead atoms. The lowest BCUT2D eigenvalue weighted by Gasteiger charge is -2.57.